The third kappa shape index (κ3) is 3.22. The van der Waals surface area contributed by atoms with E-state index in [0.29, 0.717) is 19.1 Å². The number of amides is 1. The number of ether oxygens (including phenoxy) is 2. The molecule has 0 aromatic carbocycles. The molecule has 1 fully saturated rings. The zero-order valence-electron chi connectivity index (χ0n) is 15.7. The molecule has 1 aliphatic heterocycles. The second-order valence-electron chi connectivity index (χ2n) is 7.87. The summed E-state index contributed by atoms with van der Waals surface area (Å²) in [6.07, 6.45) is 3.56. The first-order chi connectivity index (χ1) is 11.8. The lowest BCUT2D eigenvalue weighted by Crippen LogP contribution is -2.54. The van der Waals surface area contributed by atoms with Crippen molar-refractivity contribution in [2.75, 3.05) is 13.2 Å². The van der Waals surface area contributed by atoms with E-state index in [1.54, 1.807) is 6.26 Å². The molecule has 1 aliphatic carbocycles. The van der Waals surface area contributed by atoms with Crippen molar-refractivity contribution >= 4 is 6.09 Å². The van der Waals surface area contributed by atoms with Crippen molar-refractivity contribution < 1.29 is 18.7 Å². The molecule has 5 nitrogen and oxygen atoms in total. The summed E-state index contributed by atoms with van der Waals surface area (Å²) < 4.78 is 17.5. The van der Waals surface area contributed by atoms with Gasteiger partial charge in [-0.05, 0) is 44.7 Å². The van der Waals surface area contributed by atoms with E-state index in [4.69, 9.17) is 13.9 Å². The lowest BCUT2D eigenvalue weighted by atomic mass is 9.56. The van der Waals surface area contributed by atoms with E-state index in [9.17, 15) is 4.79 Å². The topological polar surface area (TPSA) is 60.7 Å². The van der Waals surface area contributed by atoms with E-state index < -0.39 is 0 Å². The summed E-state index contributed by atoms with van der Waals surface area (Å²) in [7, 11) is 0. The summed E-state index contributed by atoms with van der Waals surface area (Å²) in [5.74, 6) is 1.70. The number of fused-ring (bicyclic) bond motifs is 2. The van der Waals surface area contributed by atoms with Crippen molar-refractivity contribution in [3.05, 3.63) is 35.8 Å². The van der Waals surface area contributed by atoms with Crippen LogP contribution in [0.3, 0.4) is 0 Å². The van der Waals surface area contributed by atoms with Gasteiger partial charge in [-0.25, -0.2) is 4.79 Å². The van der Waals surface area contributed by atoms with Gasteiger partial charge in [0.1, 0.15) is 18.5 Å². The summed E-state index contributed by atoms with van der Waals surface area (Å²) in [6, 6.07) is 3.93. The average Bonchev–Trinajstić information content (AvgIpc) is 3.05. The Balaban J connectivity index is 1.82. The first-order valence-corrected chi connectivity index (χ1v) is 9.12. The average molecular weight is 347 g/mol. The van der Waals surface area contributed by atoms with Gasteiger partial charge in [-0.15, -0.1) is 0 Å². The molecule has 5 heteroatoms. The van der Waals surface area contributed by atoms with Gasteiger partial charge in [0.05, 0.1) is 12.9 Å². The van der Waals surface area contributed by atoms with E-state index in [0.717, 1.165) is 5.76 Å². The van der Waals surface area contributed by atoms with Gasteiger partial charge in [-0.2, -0.15) is 0 Å². The zero-order valence-corrected chi connectivity index (χ0v) is 15.7. The maximum Gasteiger partial charge on any atom is 0.407 e. The fraction of sp³-hybridized carbons (Fsp3) is 0.650. The molecule has 2 bridgehead atoms. The van der Waals surface area contributed by atoms with Gasteiger partial charge in [-0.1, -0.05) is 25.5 Å². The molecular weight excluding hydrogens is 318 g/mol. The Kier molecular flexibility index (Phi) is 4.96. The minimum absolute atomic E-state index is 0.0621. The predicted molar refractivity (Wildman–Crippen MR) is 95.0 cm³/mol. The Bertz CT molecular complexity index is 636. The largest absolute Gasteiger partial charge is 0.467 e. The normalized spacial score (nSPS) is 34.6. The Labute approximate surface area is 149 Å². The molecule has 5 atom stereocenters. The fourth-order valence-corrected chi connectivity index (χ4v) is 4.44. The summed E-state index contributed by atoms with van der Waals surface area (Å²) >= 11 is 0. The molecule has 0 radical (unpaired) electrons. The van der Waals surface area contributed by atoms with Crippen molar-refractivity contribution in [1.82, 2.24) is 5.32 Å². The van der Waals surface area contributed by atoms with Crippen LogP contribution in [-0.4, -0.2) is 25.3 Å². The number of hydrogen-bond donors (Lipinski definition) is 1. The molecule has 3 rings (SSSR count). The summed E-state index contributed by atoms with van der Waals surface area (Å²) in [6.45, 7) is 11.4. The monoisotopic (exact) mass is 347 g/mol. The van der Waals surface area contributed by atoms with E-state index in [-0.39, 0.29) is 35.5 Å². The first kappa shape index (κ1) is 18.1. The molecule has 138 valence electrons. The molecule has 25 heavy (non-hydrogen) atoms. The number of hydrogen-bond acceptors (Lipinski definition) is 4. The zero-order chi connectivity index (χ0) is 18.2. The maximum atomic E-state index is 12.0. The van der Waals surface area contributed by atoms with Crippen molar-refractivity contribution in [3.8, 4) is 0 Å². The molecule has 1 saturated heterocycles. The number of nitrogens with one attached hydrogen (secondary N) is 1. The molecule has 1 aromatic heterocycles. The molecule has 0 saturated carbocycles. The number of allylic oxidation sites excluding steroid dienone is 1. The van der Waals surface area contributed by atoms with Crippen LogP contribution in [0.1, 0.15) is 46.5 Å². The Morgan fingerprint density at radius 2 is 2.20 bits per heavy atom. The molecule has 1 N–H and O–H groups in total. The highest BCUT2D eigenvalue weighted by Crippen LogP contribution is 2.56. The number of furan rings is 1. The maximum absolute atomic E-state index is 12.0. The van der Waals surface area contributed by atoms with Crippen LogP contribution < -0.4 is 5.32 Å². The van der Waals surface area contributed by atoms with Crippen LogP contribution in [0.5, 0.6) is 0 Å². The van der Waals surface area contributed by atoms with Gasteiger partial charge < -0.3 is 19.2 Å². The van der Waals surface area contributed by atoms with Crippen molar-refractivity contribution in [2.45, 2.75) is 46.8 Å². The van der Waals surface area contributed by atoms with Crippen molar-refractivity contribution in [3.63, 3.8) is 0 Å². The number of carbonyl (C=O) groups excluding carboxylic acids is 1. The third-order valence-corrected chi connectivity index (χ3v) is 5.95. The molecule has 1 aromatic rings. The highest BCUT2D eigenvalue weighted by molar-refractivity contribution is 5.67. The van der Waals surface area contributed by atoms with Gasteiger partial charge >= 0.3 is 6.09 Å². The lowest BCUT2D eigenvalue weighted by molar-refractivity contribution is -0.170. The Hall–Kier alpha value is -1.75. The van der Waals surface area contributed by atoms with E-state index >= 15 is 0 Å². The molecular formula is C20H29NO4. The molecule has 1 amide bonds. The smallest absolute Gasteiger partial charge is 0.407 e. The van der Waals surface area contributed by atoms with Crippen molar-refractivity contribution in [1.29, 1.82) is 0 Å². The van der Waals surface area contributed by atoms with Crippen LogP contribution in [0.15, 0.2) is 34.5 Å². The first-order valence-electron chi connectivity index (χ1n) is 9.12. The van der Waals surface area contributed by atoms with Crippen LogP contribution in [-0.2, 0) is 9.47 Å². The minimum atomic E-state index is -0.361. The molecule has 2 heterocycles. The Morgan fingerprint density at radius 3 is 2.84 bits per heavy atom. The van der Waals surface area contributed by atoms with E-state index in [1.165, 1.54) is 5.57 Å². The quantitative estimate of drug-likeness (QED) is 0.824. The highest BCUT2D eigenvalue weighted by atomic mass is 16.6. The summed E-state index contributed by atoms with van der Waals surface area (Å²) in [5, 5.41) is 2.79. The van der Waals surface area contributed by atoms with Crippen molar-refractivity contribution in [2.24, 2.45) is 23.2 Å². The van der Waals surface area contributed by atoms with E-state index in [2.05, 4.69) is 32.2 Å². The van der Waals surface area contributed by atoms with Gasteiger partial charge in [0.25, 0.3) is 0 Å². The molecule has 0 spiro atoms. The Morgan fingerprint density at radius 1 is 1.44 bits per heavy atom. The van der Waals surface area contributed by atoms with Gasteiger partial charge in [0.2, 0.25) is 0 Å². The van der Waals surface area contributed by atoms with E-state index in [1.807, 2.05) is 26.0 Å². The minimum Gasteiger partial charge on any atom is -0.467 e. The second-order valence-corrected chi connectivity index (χ2v) is 7.87. The number of alkyl carbamates (subject to hydrolysis) is 1. The second kappa shape index (κ2) is 6.87. The lowest BCUT2D eigenvalue weighted by Gasteiger charge is -2.54. The number of rotatable bonds is 4. The van der Waals surface area contributed by atoms with Crippen LogP contribution in [0.2, 0.25) is 0 Å². The SMILES string of the molecule is CC1=C[C@H](C)[C@]2(COC(=O)NC(C)C)CO[C@@H](c3ccco3)[C@@H]1[C@@H]2C. The molecule has 2 aliphatic rings. The van der Waals surface area contributed by atoms with Crippen LogP contribution in [0.4, 0.5) is 4.79 Å². The standard InChI is InChI=1S/C20H29NO4/c1-12(2)21-19(22)25-11-20-10-24-18(16-7-6-8-23-16)17(15(20)5)13(3)9-14(20)4/h6-9,12,14-15,17-18H,10-11H2,1-5H3,(H,21,22)/t14-,15-,17-,18-,20+/m0/s1. The summed E-state index contributed by atoms with van der Waals surface area (Å²) in [4.78, 5) is 12.0. The molecule has 0 unspecified atom stereocenters. The van der Waals surface area contributed by atoms with Crippen LogP contribution >= 0.6 is 0 Å². The van der Waals surface area contributed by atoms with Gasteiger partial charge in [0, 0.05) is 17.4 Å². The third-order valence-electron chi connectivity index (χ3n) is 5.95. The van der Waals surface area contributed by atoms with Gasteiger partial charge in [-0.3, -0.25) is 0 Å². The summed E-state index contributed by atoms with van der Waals surface area (Å²) in [5.41, 5.74) is 1.12. The predicted octanol–water partition coefficient (Wildman–Crippen LogP) is 4.32. The highest BCUT2D eigenvalue weighted by Gasteiger charge is 2.55. The van der Waals surface area contributed by atoms with Crippen LogP contribution in [0.25, 0.3) is 0 Å². The number of carbonyl (C=O) groups is 1. The van der Waals surface area contributed by atoms with Gasteiger partial charge in [0.15, 0.2) is 0 Å². The fourth-order valence-electron chi connectivity index (χ4n) is 4.44. The van der Waals surface area contributed by atoms with Crippen LogP contribution in [0, 0.1) is 23.2 Å².